The molecule has 0 aliphatic rings. The lowest BCUT2D eigenvalue weighted by molar-refractivity contribution is -0.385. The van der Waals surface area contributed by atoms with Gasteiger partial charge in [0.15, 0.2) is 0 Å². The van der Waals surface area contributed by atoms with Crippen LogP contribution in [0.15, 0.2) is 67.0 Å². The average molecular weight is 536 g/mol. The lowest BCUT2D eigenvalue weighted by Crippen LogP contribution is -2.05. The first-order chi connectivity index (χ1) is 17.8. The Morgan fingerprint density at radius 2 is 1.73 bits per heavy atom. The molecular weight excluding hydrogens is 517 g/mol. The van der Waals surface area contributed by atoms with Crippen LogP contribution >= 0.6 is 23.2 Å². The van der Waals surface area contributed by atoms with E-state index in [1.165, 1.54) is 7.11 Å². The number of aryl methyl sites for hydroxylation is 1. The second-order valence-electron chi connectivity index (χ2n) is 7.84. The van der Waals surface area contributed by atoms with Crippen LogP contribution in [0.1, 0.15) is 22.6 Å². The van der Waals surface area contributed by atoms with Gasteiger partial charge in [0, 0.05) is 15.7 Å². The number of rotatable bonds is 8. The highest BCUT2D eigenvalue weighted by Gasteiger charge is 2.26. The molecule has 1 aromatic heterocycles. The quantitative estimate of drug-likeness (QED) is 0.185. The third-order valence-electron chi connectivity index (χ3n) is 5.49. The maximum atomic E-state index is 12.0. The van der Waals surface area contributed by atoms with Crippen LogP contribution in [0.3, 0.4) is 0 Å². The van der Waals surface area contributed by atoms with E-state index in [0.29, 0.717) is 38.4 Å². The standard InChI is InChI=1S/C26H19Cl2N5O4/c1-15-11-20(21(13-29)16-3-5-17(27)6-4-16)22(28)12-23(15)32-25-24(33(34)35)26(31-14-30-25)37-19-9-7-18(36-2)8-10-19/h3-12,14,21H,1-2H3,(H,30,31,32). The summed E-state index contributed by atoms with van der Waals surface area (Å²) in [5.41, 5.74) is 2.04. The molecular formula is C26H19Cl2N5O4. The molecule has 0 amide bonds. The number of halogens is 2. The lowest BCUT2D eigenvalue weighted by atomic mass is 9.91. The Labute approximate surface area is 222 Å². The molecule has 1 atom stereocenters. The van der Waals surface area contributed by atoms with Crippen molar-refractivity contribution in [2.75, 3.05) is 12.4 Å². The number of nitrogens with zero attached hydrogens (tertiary/aromatic N) is 4. The summed E-state index contributed by atoms with van der Waals surface area (Å²) in [6.45, 7) is 1.79. The van der Waals surface area contributed by atoms with Crippen molar-refractivity contribution >= 4 is 40.4 Å². The molecule has 186 valence electrons. The van der Waals surface area contributed by atoms with Gasteiger partial charge < -0.3 is 14.8 Å². The van der Waals surface area contributed by atoms with E-state index in [2.05, 4.69) is 21.4 Å². The molecule has 0 bridgehead atoms. The number of nitrogens with one attached hydrogen (secondary N) is 1. The fraction of sp³-hybridized carbons (Fsp3) is 0.115. The summed E-state index contributed by atoms with van der Waals surface area (Å²) in [7, 11) is 1.53. The Morgan fingerprint density at radius 3 is 2.35 bits per heavy atom. The van der Waals surface area contributed by atoms with Gasteiger partial charge in [0.25, 0.3) is 0 Å². The number of nitro groups is 1. The molecule has 1 unspecified atom stereocenters. The summed E-state index contributed by atoms with van der Waals surface area (Å²) in [6, 6.07) is 19.1. The first-order valence-corrected chi connectivity index (χ1v) is 11.6. The van der Waals surface area contributed by atoms with Crippen molar-refractivity contribution in [1.29, 1.82) is 5.26 Å². The van der Waals surface area contributed by atoms with E-state index < -0.39 is 16.5 Å². The van der Waals surface area contributed by atoms with Crippen molar-refractivity contribution in [3.05, 3.63) is 104 Å². The number of benzene rings is 3. The molecule has 0 spiro atoms. The Morgan fingerprint density at radius 1 is 1.05 bits per heavy atom. The monoisotopic (exact) mass is 535 g/mol. The molecule has 0 aliphatic heterocycles. The number of methoxy groups -OCH3 is 1. The molecule has 0 saturated heterocycles. The number of nitriles is 1. The molecule has 3 aromatic carbocycles. The molecule has 0 fully saturated rings. The Kier molecular flexibility index (Phi) is 7.72. The highest BCUT2D eigenvalue weighted by Crippen LogP contribution is 2.39. The van der Waals surface area contributed by atoms with Crippen molar-refractivity contribution < 1.29 is 14.4 Å². The van der Waals surface area contributed by atoms with Gasteiger partial charge in [-0.15, -0.1) is 0 Å². The predicted octanol–water partition coefficient (Wildman–Crippen LogP) is 7.20. The van der Waals surface area contributed by atoms with Crippen molar-refractivity contribution in [3.63, 3.8) is 0 Å². The largest absolute Gasteiger partial charge is 0.497 e. The third-order valence-corrected chi connectivity index (χ3v) is 6.06. The smallest absolute Gasteiger partial charge is 0.373 e. The summed E-state index contributed by atoms with van der Waals surface area (Å²) in [5.74, 6) is -0.0000454. The van der Waals surface area contributed by atoms with Crippen LogP contribution in [0.2, 0.25) is 10.0 Å². The van der Waals surface area contributed by atoms with Gasteiger partial charge in [0.1, 0.15) is 17.8 Å². The van der Waals surface area contributed by atoms with Crippen molar-refractivity contribution in [3.8, 4) is 23.4 Å². The van der Waals surface area contributed by atoms with Crippen LogP contribution in [0, 0.1) is 28.4 Å². The maximum Gasteiger partial charge on any atom is 0.373 e. The molecule has 37 heavy (non-hydrogen) atoms. The highest BCUT2D eigenvalue weighted by molar-refractivity contribution is 6.32. The number of aromatic nitrogens is 2. The Bertz CT molecular complexity index is 1490. The minimum Gasteiger partial charge on any atom is -0.497 e. The van der Waals surface area contributed by atoms with Gasteiger partial charge in [-0.3, -0.25) is 10.1 Å². The van der Waals surface area contributed by atoms with Gasteiger partial charge in [-0.25, -0.2) is 4.98 Å². The molecule has 0 saturated carbocycles. The average Bonchev–Trinajstić information content (AvgIpc) is 2.88. The lowest BCUT2D eigenvalue weighted by Gasteiger charge is -2.16. The second-order valence-corrected chi connectivity index (χ2v) is 8.68. The molecule has 11 heteroatoms. The minimum atomic E-state index is -0.629. The molecule has 9 nitrogen and oxygen atoms in total. The van der Waals surface area contributed by atoms with Crippen molar-refractivity contribution in [1.82, 2.24) is 9.97 Å². The van der Waals surface area contributed by atoms with Crippen molar-refractivity contribution in [2.24, 2.45) is 0 Å². The number of anilines is 2. The molecule has 0 aliphatic carbocycles. The minimum absolute atomic E-state index is 0.0787. The zero-order valence-corrected chi connectivity index (χ0v) is 21.1. The van der Waals surface area contributed by atoms with Gasteiger partial charge in [0.2, 0.25) is 5.82 Å². The molecule has 1 heterocycles. The Hall–Kier alpha value is -4.39. The molecule has 1 N–H and O–H groups in total. The van der Waals surface area contributed by atoms with E-state index in [0.717, 1.165) is 11.9 Å². The fourth-order valence-electron chi connectivity index (χ4n) is 3.61. The topological polar surface area (TPSA) is 123 Å². The first kappa shape index (κ1) is 25.7. The predicted molar refractivity (Wildman–Crippen MR) is 140 cm³/mol. The SMILES string of the molecule is COc1ccc(Oc2ncnc(Nc3cc(Cl)c(C(C#N)c4ccc(Cl)cc4)cc3C)c2[N+](=O)[O-])cc1. The van der Waals surface area contributed by atoms with E-state index in [1.54, 1.807) is 67.6 Å². The van der Waals surface area contributed by atoms with Gasteiger partial charge in [-0.05, 0) is 66.1 Å². The van der Waals surface area contributed by atoms with Crippen LogP contribution in [0.4, 0.5) is 17.2 Å². The van der Waals surface area contributed by atoms with Crippen LogP contribution in [-0.2, 0) is 0 Å². The van der Waals surface area contributed by atoms with Crippen LogP contribution in [0.25, 0.3) is 0 Å². The number of ether oxygens (including phenoxy) is 2. The van der Waals surface area contributed by atoms with Crippen LogP contribution in [0.5, 0.6) is 17.4 Å². The molecule has 4 rings (SSSR count). The van der Waals surface area contributed by atoms with Crippen molar-refractivity contribution in [2.45, 2.75) is 12.8 Å². The summed E-state index contributed by atoms with van der Waals surface area (Å²) >= 11 is 12.5. The number of hydrogen-bond donors (Lipinski definition) is 1. The van der Waals surface area contributed by atoms with E-state index in [1.807, 2.05) is 0 Å². The normalized spacial score (nSPS) is 11.3. The zero-order chi connectivity index (χ0) is 26.5. The number of hydrogen-bond acceptors (Lipinski definition) is 8. The summed E-state index contributed by atoms with van der Waals surface area (Å²) in [5, 5.41) is 25.6. The van der Waals surface area contributed by atoms with Crippen LogP contribution < -0.4 is 14.8 Å². The van der Waals surface area contributed by atoms with Gasteiger partial charge >= 0.3 is 11.6 Å². The Balaban J connectivity index is 1.66. The first-order valence-electron chi connectivity index (χ1n) is 10.8. The van der Waals surface area contributed by atoms with E-state index >= 15 is 0 Å². The van der Waals surface area contributed by atoms with Crippen LogP contribution in [-0.4, -0.2) is 22.0 Å². The van der Waals surface area contributed by atoms with E-state index in [9.17, 15) is 15.4 Å². The molecule has 0 radical (unpaired) electrons. The highest BCUT2D eigenvalue weighted by atomic mass is 35.5. The summed E-state index contributed by atoms with van der Waals surface area (Å²) in [4.78, 5) is 19.3. The third kappa shape index (κ3) is 5.72. The van der Waals surface area contributed by atoms with E-state index in [-0.39, 0.29) is 11.7 Å². The zero-order valence-electron chi connectivity index (χ0n) is 19.6. The van der Waals surface area contributed by atoms with Gasteiger partial charge in [-0.2, -0.15) is 10.2 Å². The van der Waals surface area contributed by atoms with Gasteiger partial charge in [0.05, 0.1) is 24.0 Å². The van der Waals surface area contributed by atoms with E-state index in [4.69, 9.17) is 32.7 Å². The summed E-state index contributed by atoms with van der Waals surface area (Å²) < 4.78 is 10.8. The maximum absolute atomic E-state index is 12.0. The molecule has 4 aromatic rings. The second kappa shape index (κ2) is 11.1. The fourth-order valence-corrected chi connectivity index (χ4v) is 4.01. The van der Waals surface area contributed by atoms with Gasteiger partial charge in [-0.1, -0.05) is 41.4 Å². The summed E-state index contributed by atoms with van der Waals surface area (Å²) in [6.07, 6.45) is 1.16.